The fraction of sp³-hybridized carbons (Fsp3) is 0.320. The molecular formula is C25H28ClN3O3S. The zero-order valence-electron chi connectivity index (χ0n) is 18.9. The van der Waals surface area contributed by atoms with Gasteiger partial charge in [0.05, 0.1) is 11.4 Å². The number of hydrogen-bond acceptors (Lipinski definition) is 4. The van der Waals surface area contributed by atoms with Gasteiger partial charge >= 0.3 is 0 Å². The molecule has 0 radical (unpaired) electrons. The topological polar surface area (TPSA) is 60.9 Å². The maximum absolute atomic E-state index is 13.3. The van der Waals surface area contributed by atoms with Crippen LogP contribution in [0.5, 0.6) is 0 Å². The molecule has 6 nitrogen and oxygen atoms in total. The van der Waals surface area contributed by atoms with Gasteiger partial charge in [0.25, 0.3) is 0 Å². The van der Waals surface area contributed by atoms with Gasteiger partial charge in [0, 0.05) is 43.4 Å². The van der Waals surface area contributed by atoms with Crippen molar-refractivity contribution in [2.75, 3.05) is 44.2 Å². The SMILES string of the molecule is CCN(CC(=O)N1CCN(c2cc(Cl)ccc2C)CC1)S(=O)(=O)c1ccc2ccccc2c1. The standard InChI is InChI=1S/C25H28ClN3O3S/c1-3-29(33(31,32)23-11-9-20-6-4-5-7-21(20)16-23)18-25(30)28-14-12-27(13-15-28)24-17-22(26)10-8-19(24)2/h4-11,16-17H,3,12-15,18H2,1-2H3. The number of benzene rings is 3. The molecule has 0 spiro atoms. The number of anilines is 1. The van der Waals surface area contributed by atoms with Gasteiger partial charge in [-0.3, -0.25) is 4.79 Å². The maximum atomic E-state index is 13.3. The monoisotopic (exact) mass is 485 g/mol. The maximum Gasteiger partial charge on any atom is 0.243 e. The number of carbonyl (C=O) groups excluding carboxylic acids is 1. The lowest BCUT2D eigenvalue weighted by molar-refractivity contribution is -0.131. The Hall–Kier alpha value is -2.61. The second-order valence-electron chi connectivity index (χ2n) is 8.24. The molecule has 1 aliphatic rings. The largest absolute Gasteiger partial charge is 0.368 e. The second kappa shape index (κ2) is 9.71. The number of halogens is 1. The summed E-state index contributed by atoms with van der Waals surface area (Å²) in [4.78, 5) is 17.2. The molecule has 3 aromatic carbocycles. The summed E-state index contributed by atoms with van der Waals surface area (Å²) in [5.74, 6) is -0.177. The van der Waals surface area contributed by atoms with Gasteiger partial charge in [-0.2, -0.15) is 4.31 Å². The first kappa shape index (κ1) is 23.5. The third-order valence-electron chi connectivity index (χ3n) is 6.17. The zero-order chi connectivity index (χ0) is 23.6. The van der Waals surface area contributed by atoms with E-state index < -0.39 is 10.0 Å². The summed E-state index contributed by atoms with van der Waals surface area (Å²) in [5.41, 5.74) is 2.21. The van der Waals surface area contributed by atoms with Crippen LogP contribution >= 0.6 is 11.6 Å². The molecular weight excluding hydrogens is 458 g/mol. The molecule has 4 rings (SSSR count). The third kappa shape index (κ3) is 5.00. The first-order chi connectivity index (χ1) is 15.8. The summed E-state index contributed by atoms with van der Waals surface area (Å²) < 4.78 is 27.8. The molecule has 1 aliphatic heterocycles. The molecule has 0 atom stereocenters. The van der Waals surface area contributed by atoms with Crippen molar-refractivity contribution in [1.82, 2.24) is 9.21 Å². The number of piperazine rings is 1. The number of rotatable bonds is 6. The Labute approximate surface area is 200 Å². The number of hydrogen-bond donors (Lipinski definition) is 0. The number of sulfonamides is 1. The van der Waals surface area contributed by atoms with E-state index in [9.17, 15) is 13.2 Å². The van der Waals surface area contributed by atoms with Crippen LogP contribution < -0.4 is 4.90 Å². The molecule has 0 saturated carbocycles. The highest BCUT2D eigenvalue weighted by Crippen LogP contribution is 2.26. The quantitative estimate of drug-likeness (QED) is 0.526. The van der Waals surface area contributed by atoms with E-state index in [1.54, 1.807) is 30.0 Å². The van der Waals surface area contributed by atoms with Gasteiger partial charge in [0.15, 0.2) is 0 Å². The molecule has 1 saturated heterocycles. The summed E-state index contributed by atoms with van der Waals surface area (Å²) >= 11 is 6.16. The molecule has 0 aromatic heterocycles. The van der Waals surface area contributed by atoms with Crippen LogP contribution in [-0.2, 0) is 14.8 Å². The number of likely N-dealkylation sites (N-methyl/N-ethyl adjacent to an activating group) is 1. The Balaban J connectivity index is 1.44. The van der Waals surface area contributed by atoms with Crippen LogP contribution in [0.1, 0.15) is 12.5 Å². The number of amides is 1. The van der Waals surface area contributed by atoms with Gasteiger partial charge in [0.1, 0.15) is 0 Å². The van der Waals surface area contributed by atoms with Crippen molar-refractivity contribution >= 4 is 44.0 Å². The van der Waals surface area contributed by atoms with Crippen molar-refractivity contribution in [3.63, 3.8) is 0 Å². The Kier molecular flexibility index (Phi) is 6.93. The average Bonchev–Trinajstić information content (AvgIpc) is 2.83. The molecule has 0 bridgehead atoms. The summed E-state index contributed by atoms with van der Waals surface area (Å²) in [5, 5.41) is 2.52. The van der Waals surface area contributed by atoms with Crippen LogP contribution in [-0.4, -0.2) is 62.8 Å². The minimum absolute atomic E-state index is 0.165. The number of nitrogens with zero attached hydrogens (tertiary/aromatic N) is 3. The number of fused-ring (bicyclic) bond motifs is 1. The van der Waals surface area contributed by atoms with E-state index in [1.165, 1.54) is 4.31 Å². The van der Waals surface area contributed by atoms with Crippen LogP contribution in [0.2, 0.25) is 5.02 Å². The lowest BCUT2D eigenvalue weighted by Crippen LogP contribution is -2.52. The fourth-order valence-electron chi connectivity index (χ4n) is 4.21. The summed E-state index contributed by atoms with van der Waals surface area (Å²) in [6.07, 6.45) is 0. The summed E-state index contributed by atoms with van der Waals surface area (Å²) in [6, 6.07) is 18.5. The van der Waals surface area contributed by atoms with Crippen molar-refractivity contribution in [1.29, 1.82) is 0 Å². The van der Waals surface area contributed by atoms with Crippen LogP contribution in [0, 0.1) is 6.92 Å². The highest BCUT2D eigenvalue weighted by atomic mass is 35.5. The van der Waals surface area contributed by atoms with E-state index in [2.05, 4.69) is 4.90 Å². The van der Waals surface area contributed by atoms with Gasteiger partial charge < -0.3 is 9.80 Å². The molecule has 1 amide bonds. The number of aryl methyl sites for hydroxylation is 1. The van der Waals surface area contributed by atoms with Gasteiger partial charge in [-0.15, -0.1) is 0 Å². The first-order valence-electron chi connectivity index (χ1n) is 11.1. The predicted molar refractivity (Wildman–Crippen MR) is 133 cm³/mol. The summed E-state index contributed by atoms with van der Waals surface area (Å²) in [7, 11) is -3.78. The third-order valence-corrected chi connectivity index (χ3v) is 8.32. The predicted octanol–water partition coefficient (Wildman–Crippen LogP) is 4.16. The van der Waals surface area contributed by atoms with E-state index >= 15 is 0 Å². The Morgan fingerprint density at radius 2 is 1.67 bits per heavy atom. The molecule has 1 heterocycles. The van der Waals surface area contributed by atoms with Crippen molar-refractivity contribution in [3.05, 3.63) is 71.2 Å². The molecule has 8 heteroatoms. The fourth-order valence-corrected chi connectivity index (χ4v) is 5.82. The van der Waals surface area contributed by atoms with E-state index in [0.717, 1.165) is 22.0 Å². The van der Waals surface area contributed by atoms with Gasteiger partial charge in [-0.05, 0) is 47.5 Å². The minimum Gasteiger partial charge on any atom is -0.368 e. The lowest BCUT2D eigenvalue weighted by Gasteiger charge is -2.37. The molecule has 33 heavy (non-hydrogen) atoms. The molecule has 0 unspecified atom stereocenters. The Morgan fingerprint density at radius 3 is 2.36 bits per heavy atom. The molecule has 0 N–H and O–H groups in total. The smallest absolute Gasteiger partial charge is 0.243 e. The van der Waals surface area contributed by atoms with Crippen LogP contribution in [0.25, 0.3) is 10.8 Å². The van der Waals surface area contributed by atoms with Crippen LogP contribution in [0.4, 0.5) is 5.69 Å². The van der Waals surface area contributed by atoms with Crippen molar-refractivity contribution in [2.24, 2.45) is 0 Å². The van der Waals surface area contributed by atoms with E-state index in [-0.39, 0.29) is 23.9 Å². The minimum atomic E-state index is -3.78. The van der Waals surface area contributed by atoms with Crippen LogP contribution in [0.15, 0.2) is 65.6 Å². The zero-order valence-corrected chi connectivity index (χ0v) is 20.4. The molecule has 174 valence electrons. The van der Waals surface area contributed by atoms with Crippen molar-refractivity contribution in [3.8, 4) is 0 Å². The Bertz CT molecular complexity index is 1270. The van der Waals surface area contributed by atoms with Crippen molar-refractivity contribution < 1.29 is 13.2 Å². The van der Waals surface area contributed by atoms with Crippen molar-refractivity contribution in [2.45, 2.75) is 18.7 Å². The van der Waals surface area contributed by atoms with Gasteiger partial charge in [-0.25, -0.2) is 8.42 Å². The molecule has 0 aliphatic carbocycles. The van der Waals surface area contributed by atoms with E-state index in [4.69, 9.17) is 11.6 Å². The van der Waals surface area contributed by atoms with E-state index in [0.29, 0.717) is 31.2 Å². The lowest BCUT2D eigenvalue weighted by atomic mass is 10.1. The summed E-state index contributed by atoms with van der Waals surface area (Å²) in [6.45, 7) is 6.29. The second-order valence-corrected chi connectivity index (χ2v) is 10.6. The molecule has 3 aromatic rings. The van der Waals surface area contributed by atoms with Gasteiger partial charge in [-0.1, -0.05) is 54.9 Å². The van der Waals surface area contributed by atoms with E-state index in [1.807, 2.05) is 49.4 Å². The van der Waals surface area contributed by atoms with Crippen LogP contribution in [0.3, 0.4) is 0 Å². The highest BCUT2D eigenvalue weighted by Gasteiger charge is 2.29. The highest BCUT2D eigenvalue weighted by molar-refractivity contribution is 7.89. The molecule has 1 fully saturated rings. The average molecular weight is 486 g/mol. The van der Waals surface area contributed by atoms with Gasteiger partial charge in [0.2, 0.25) is 15.9 Å². The normalized spacial score (nSPS) is 14.8. The Morgan fingerprint density at radius 1 is 0.970 bits per heavy atom. The first-order valence-corrected chi connectivity index (χ1v) is 12.9. The number of carbonyl (C=O) groups is 1.